The zero-order chi connectivity index (χ0) is 19.7. The Morgan fingerprint density at radius 3 is 2.71 bits per heavy atom. The van der Waals surface area contributed by atoms with Gasteiger partial charge in [0.15, 0.2) is 5.82 Å². The highest BCUT2D eigenvalue weighted by atomic mass is 32.2. The number of phenols is 1. The normalized spacial score (nSPS) is 25.6. The van der Waals surface area contributed by atoms with Crippen LogP contribution in [0.25, 0.3) is 0 Å². The first-order valence-corrected chi connectivity index (χ1v) is 11.4. The highest BCUT2D eigenvalue weighted by Gasteiger charge is 2.33. The molecule has 1 heterocycles. The second-order valence-electron chi connectivity index (χ2n) is 8.17. The Labute approximate surface area is 167 Å². The lowest BCUT2D eigenvalue weighted by molar-refractivity contribution is -0.117. The number of benzene rings is 1. The zero-order valence-electron chi connectivity index (χ0n) is 16.0. The molecular formula is C20H28FN3O3S. The SMILES string of the molecule is O=C1CN(c2c(O)cc3c(c2F)CCC(NCCC2CCCC2)CC3)S(=O)N1. The number of aromatic hydroxyl groups is 1. The second kappa shape index (κ2) is 8.37. The summed E-state index contributed by atoms with van der Waals surface area (Å²) in [4.78, 5) is 11.5. The predicted molar refractivity (Wildman–Crippen MR) is 107 cm³/mol. The Bertz CT molecular complexity index is 782. The summed E-state index contributed by atoms with van der Waals surface area (Å²) >= 11 is -1.86. The number of aryl methyl sites for hydroxylation is 1. The molecule has 0 aromatic heterocycles. The Morgan fingerprint density at radius 1 is 1.25 bits per heavy atom. The van der Waals surface area contributed by atoms with Gasteiger partial charge in [0.05, 0.1) is 0 Å². The van der Waals surface area contributed by atoms with Crippen LogP contribution < -0.4 is 14.3 Å². The van der Waals surface area contributed by atoms with Crippen molar-refractivity contribution in [3.8, 4) is 5.75 Å². The Hall–Kier alpha value is -1.67. The summed E-state index contributed by atoms with van der Waals surface area (Å²) in [5, 5.41) is 14.0. The molecule has 1 aromatic rings. The van der Waals surface area contributed by atoms with Gasteiger partial charge in [-0.3, -0.25) is 13.8 Å². The van der Waals surface area contributed by atoms with Gasteiger partial charge < -0.3 is 10.4 Å². The van der Waals surface area contributed by atoms with Gasteiger partial charge in [0, 0.05) is 6.04 Å². The molecule has 8 heteroatoms. The first-order chi connectivity index (χ1) is 13.5. The van der Waals surface area contributed by atoms with Crippen LogP contribution in [0.2, 0.25) is 0 Å². The van der Waals surface area contributed by atoms with E-state index in [-0.39, 0.29) is 18.0 Å². The molecule has 1 saturated carbocycles. The molecule has 154 valence electrons. The number of anilines is 1. The summed E-state index contributed by atoms with van der Waals surface area (Å²) in [6.07, 6.45) is 9.63. The van der Waals surface area contributed by atoms with Crippen LogP contribution in [-0.2, 0) is 28.8 Å². The summed E-state index contributed by atoms with van der Waals surface area (Å²) in [5.41, 5.74) is 1.25. The van der Waals surface area contributed by atoms with Gasteiger partial charge in [-0.25, -0.2) is 8.60 Å². The second-order valence-corrected chi connectivity index (χ2v) is 9.32. The average Bonchev–Trinajstić information content (AvgIpc) is 3.22. The molecule has 4 rings (SSSR count). The number of rotatable bonds is 5. The van der Waals surface area contributed by atoms with Gasteiger partial charge in [0.1, 0.15) is 18.0 Å². The molecule has 2 atom stereocenters. The molecule has 0 spiro atoms. The molecule has 1 aromatic carbocycles. The van der Waals surface area contributed by atoms with E-state index in [0.717, 1.165) is 35.2 Å². The van der Waals surface area contributed by atoms with Gasteiger partial charge in [-0.1, -0.05) is 25.7 Å². The van der Waals surface area contributed by atoms with Gasteiger partial charge in [0.25, 0.3) is 5.91 Å². The first kappa shape index (κ1) is 19.6. The van der Waals surface area contributed by atoms with Gasteiger partial charge in [0.2, 0.25) is 11.2 Å². The lowest BCUT2D eigenvalue weighted by Crippen LogP contribution is -2.31. The Balaban J connectivity index is 1.44. The molecule has 0 radical (unpaired) electrons. The maximum Gasteiger partial charge on any atom is 0.253 e. The number of hydrogen-bond acceptors (Lipinski definition) is 4. The smallest absolute Gasteiger partial charge is 0.253 e. The lowest BCUT2D eigenvalue weighted by atomic mass is 10.0. The first-order valence-electron chi connectivity index (χ1n) is 10.3. The molecule has 28 heavy (non-hydrogen) atoms. The van der Waals surface area contributed by atoms with Crippen molar-refractivity contribution < 1.29 is 18.5 Å². The minimum absolute atomic E-state index is 0.136. The van der Waals surface area contributed by atoms with Crippen LogP contribution in [0.3, 0.4) is 0 Å². The lowest BCUT2D eigenvalue weighted by Gasteiger charge is -2.19. The molecule has 1 aliphatic heterocycles. The number of hydrogen-bond donors (Lipinski definition) is 3. The fourth-order valence-electron chi connectivity index (χ4n) is 4.77. The van der Waals surface area contributed by atoms with Crippen LogP contribution >= 0.6 is 0 Å². The van der Waals surface area contributed by atoms with E-state index in [1.165, 1.54) is 32.1 Å². The van der Waals surface area contributed by atoms with Crippen LogP contribution in [0.5, 0.6) is 5.75 Å². The van der Waals surface area contributed by atoms with Crippen LogP contribution in [0, 0.1) is 11.7 Å². The summed E-state index contributed by atoms with van der Waals surface area (Å²) in [5.74, 6) is -0.399. The van der Waals surface area contributed by atoms with Crippen LogP contribution in [0.15, 0.2) is 6.07 Å². The third-order valence-corrected chi connectivity index (χ3v) is 7.43. The quantitative estimate of drug-likeness (QED) is 0.653. The number of nitrogens with zero attached hydrogens (tertiary/aromatic N) is 1. The molecule has 1 saturated heterocycles. The predicted octanol–water partition coefficient (Wildman–Crippen LogP) is 2.46. The zero-order valence-corrected chi connectivity index (χ0v) is 16.8. The van der Waals surface area contributed by atoms with E-state index in [1.807, 2.05) is 0 Å². The van der Waals surface area contributed by atoms with Gasteiger partial charge >= 0.3 is 0 Å². The standard InChI is InChI=1S/C20H28FN3O3S/c21-19-16-8-7-15(22-10-9-13-3-1-2-4-13)6-5-14(16)11-17(25)20(19)24-12-18(26)23-28(24)27/h11,13,15,22,25H,1-10,12H2,(H,23,26). The van der Waals surface area contributed by atoms with E-state index in [2.05, 4.69) is 10.0 Å². The van der Waals surface area contributed by atoms with Gasteiger partial charge in [-0.15, -0.1) is 0 Å². The van der Waals surface area contributed by atoms with E-state index < -0.39 is 22.9 Å². The van der Waals surface area contributed by atoms with E-state index in [9.17, 15) is 14.1 Å². The third-order valence-electron chi connectivity index (χ3n) is 6.32. The Morgan fingerprint density at radius 2 is 2.00 bits per heavy atom. The van der Waals surface area contributed by atoms with Crippen LogP contribution in [0.1, 0.15) is 56.1 Å². The average molecular weight is 410 g/mol. The van der Waals surface area contributed by atoms with Crippen molar-refractivity contribution in [3.63, 3.8) is 0 Å². The maximum atomic E-state index is 15.2. The molecule has 2 fully saturated rings. The number of amides is 1. The fraction of sp³-hybridized carbons (Fsp3) is 0.650. The topological polar surface area (TPSA) is 81.7 Å². The van der Waals surface area contributed by atoms with Crippen LogP contribution in [-0.4, -0.2) is 34.4 Å². The van der Waals surface area contributed by atoms with E-state index in [0.29, 0.717) is 24.4 Å². The Kier molecular flexibility index (Phi) is 5.87. The number of carbonyl (C=O) groups is 1. The number of fused-ring (bicyclic) bond motifs is 1. The maximum absolute atomic E-state index is 15.2. The molecular weight excluding hydrogens is 381 g/mol. The monoisotopic (exact) mass is 409 g/mol. The van der Waals surface area contributed by atoms with Gasteiger partial charge in [-0.05, 0) is 61.8 Å². The van der Waals surface area contributed by atoms with Crippen LogP contribution in [0.4, 0.5) is 10.1 Å². The van der Waals surface area contributed by atoms with Crippen molar-refractivity contribution in [3.05, 3.63) is 23.0 Å². The molecule has 2 unspecified atom stereocenters. The molecule has 0 bridgehead atoms. The molecule has 3 N–H and O–H groups in total. The molecule has 2 aliphatic carbocycles. The van der Waals surface area contributed by atoms with Crippen molar-refractivity contribution in [1.82, 2.24) is 10.0 Å². The largest absolute Gasteiger partial charge is 0.506 e. The number of halogens is 1. The number of carbonyl (C=O) groups excluding carboxylic acids is 1. The fourth-order valence-corrected chi connectivity index (χ4v) is 5.71. The summed E-state index contributed by atoms with van der Waals surface area (Å²) in [7, 11) is 0. The molecule has 6 nitrogen and oxygen atoms in total. The molecule has 3 aliphatic rings. The van der Waals surface area contributed by atoms with Crippen molar-refractivity contribution in [2.45, 2.75) is 63.8 Å². The highest BCUT2D eigenvalue weighted by Crippen LogP contribution is 2.38. The van der Waals surface area contributed by atoms with E-state index in [1.54, 1.807) is 6.07 Å². The van der Waals surface area contributed by atoms with Crippen molar-refractivity contribution in [1.29, 1.82) is 0 Å². The van der Waals surface area contributed by atoms with E-state index in [4.69, 9.17) is 0 Å². The van der Waals surface area contributed by atoms with Crippen molar-refractivity contribution >= 4 is 22.8 Å². The van der Waals surface area contributed by atoms with Crippen molar-refractivity contribution in [2.75, 3.05) is 17.4 Å². The van der Waals surface area contributed by atoms with E-state index >= 15 is 4.39 Å². The molecule has 1 amide bonds. The van der Waals surface area contributed by atoms with Gasteiger partial charge in [-0.2, -0.15) is 0 Å². The third kappa shape index (κ3) is 4.03. The highest BCUT2D eigenvalue weighted by molar-refractivity contribution is 7.85. The minimum atomic E-state index is -1.86. The summed E-state index contributed by atoms with van der Waals surface area (Å²) in [6, 6.07) is 1.91. The number of phenolic OH excluding ortho intramolecular Hbond substituents is 1. The summed E-state index contributed by atoms with van der Waals surface area (Å²) < 4.78 is 30.6. The summed E-state index contributed by atoms with van der Waals surface area (Å²) in [6.45, 7) is 0.784. The number of nitrogens with one attached hydrogen (secondary N) is 2. The minimum Gasteiger partial charge on any atom is -0.506 e. The van der Waals surface area contributed by atoms with Crippen molar-refractivity contribution in [2.24, 2.45) is 5.92 Å².